The third-order valence-electron chi connectivity index (χ3n) is 7.68. The molecule has 0 saturated carbocycles. The first-order chi connectivity index (χ1) is 21.6. The van der Waals surface area contributed by atoms with Crippen LogP contribution in [0.15, 0.2) is 72.8 Å². The standard InChI is InChI=1S/C36H43N3O6/c1-36(2,3)45-35(41)38-23-29(19-26-11-7-6-8-12-26)30(24-38)25-39(31-14-9-13-27(20-31)22-37)34(40)28-15-16-32(43-5)33(21-28)44-18-10-17-42-4/h6-9,11-16,20-21,29-30H,10,17-19,23-25H2,1-5H3. The van der Waals surface area contributed by atoms with Crippen LogP contribution in [0.3, 0.4) is 0 Å². The Morgan fingerprint density at radius 3 is 2.38 bits per heavy atom. The van der Waals surface area contributed by atoms with Gasteiger partial charge in [-0.05, 0) is 81.0 Å². The van der Waals surface area contributed by atoms with Gasteiger partial charge in [0.2, 0.25) is 0 Å². The van der Waals surface area contributed by atoms with Crippen LogP contribution in [0.2, 0.25) is 0 Å². The van der Waals surface area contributed by atoms with Crippen LogP contribution in [0.4, 0.5) is 10.5 Å². The molecule has 3 aromatic rings. The molecule has 238 valence electrons. The molecule has 2 atom stereocenters. The summed E-state index contributed by atoms with van der Waals surface area (Å²) in [6, 6.07) is 24.5. The van der Waals surface area contributed by atoms with Crippen molar-refractivity contribution >= 4 is 17.7 Å². The Bertz CT molecular complexity index is 1480. The normalized spacial score (nSPS) is 16.1. The van der Waals surface area contributed by atoms with Gasteiger partial charge in [0.1, 0.15) is 5.60 Å². The van der Waals surface area contributed by atoms with Gasteiger partial charge in [0, 0.05) is 51.0 Å². The van der Waals surface area contributed by atoms with Crippen molar-refractivity contribution in [2.45, 2.75) is 39.2 Å². The third kappa shape index (κ3) is 9.22. The van der Waals surface area contributed by atoms with E-state index < -0.39 is 5.60 Å². The van der Waals surface area contributed by atoms with Crippen molar-refractivity contribution in [3.63, 3.8) is 0 Å². The Labute approximate surface area is 266 Å². The SMILES string of the molecule is COCCCOc1cc(C(=O)N(CC2CN(C(=O)OC(C)(C)C)CC2Cc2ccccc2)c2cccc(C#N)c2)ccc1OC. The molecule has 1 fully saturated rings. The fourth-order valence-electron chi connectivity index (χ4n) is 5.52. The number of nitrogens with zero attached hydrogens (tertiary/aromatic N) is 3. The average molecular weight is 614 g/mol. The number of nitriles is 1. The van der Waals surface area contributed by atoms with E-state index in [1.807, 2.05) is 45.0 Å². The molecule has 45 heavy (non-hydrogen) atoms. The summed E-state index contributed by atoms with van der Waals surface area (Å²) >= 11 is 0. The van der Waals surface area contributed by atoms with E-state index in [2.05, 4.69) is 18.2 Å². The molecule has 0 N–H and O–H groups in total. The zero-order valence-corrected chi connectivity index (χ0v) is 26.8. The number of rotatable bonds is 12. The quantitative estimate of drug-likeness (QED) is 0.219. The van der Waals surface area contributed by atoms with Crippen molar-refractivity contribution in [3.8, 4) is 17.6 Å². The van der Waals surface area contributed by atoms with E-state index in [4.69, 9.17) is 18.9 Å². The second kappa shape index (κ2) is 15.4. The number of ether oxygens (including phenoxy) is 4. The summed E-state index contributed by atoms with van der Waals surface area (Å²) in [5, 5.41) is 9.64. The van der Waals surface area contributed by atoms with Gasteiger partial charge in [-0.2, -0.15) is 5.26 Å². The predicted octanol–water partition coefficient (Wildman–Crippen LogP) is 6.35. The molecule has 4 rings (SSSR count). The molecule has 3 aromatic carbocycles. The van der Waals surface area contributed by atoms with Gasteiger partial charge >= 0.3 is 6.09 Å². The van der Waals surface area contributed by atoms with Crippen LogP contribution in [0, 0.1) is 23.2 Å². The summed E-state index contributed by atoms with van der Waals surface area (Å²) in [4.78, 5) is 31.0. The van der Waals surface area contributed by atoms with Gasteiger partial charge in [0.05, 0.1) is 25.3 Å². The van der Waals surface area contributed by atoms with Gasteiger partial charge in [0.15, 0.2) is 11.5 Å². The molecule has 1 aliphatic rings. The molecule has 2 unspecified atom stereocenters. The van der Waals surface area contributed by atoms with Crippen molar-refractivity contribution in [3.05, 3.63) is 89.5 Å². The van der Waals surface area contributed by atoms with Gasteiger partial charge in [-0.3, -0.25) is 4.79 Å². The van der Waals surface area contributed by atoms with E-state index >= 15 is 0 Å². The maximum atomic E-state index is 14.4. The molecule has 9 heteroatoms. The number of benzene rings is 3. The molecule has 2 amide bonds. The fourth-order valence-corrected chi connectivity index (χ4v) is 5.52. The maximum absolute atomic E-state index is 14.4. The Hall–Kier alpha value is -4.55. The number of amides is 2. The summed E-state index contributed by atoms with van der Waals surface area (Å²) in [5.74, 6) is 0.752. The molecule has 9 nitrogen and oxygen atoms in total. The lowest BCUT2D eigenvalue weighted by molar-refractivity contribution is 0.0284. The van der Waals surface area contributed by atoms with Crippen molar-refractivity contribution in [1.29, 1.82) is 5.26 Å². The Morgan fingerprint density at radius 1 is 0.933 bits per heavy atom. The molecule has 1 saturated heterocycles. The Kier molecular flexibility index (Phi) is 11.4. The van der Waals surface area contributed by atoms with Crippen LogP contribution in [0.5, 0.6) is 11.5 Å². The topological polar surface area (TPSA) is 101 Å². The van der Waals surface area contributed by atoms with Gasteiger partial charge < -0.3 is 28.7 Å². The lowest BCUT2D eigenvalue weighted by Crippen LogP contribution is -2.39. The molecule has 1 aliphatic heterocycles. The second-order valence-corrected chi connectivity index (χ2v) is 12.2. The van der Waals surface area contributed by atoms with E-state index in [0.29, 0.717) is 67.6 Å². The maximum Gasteiger partial charge on any atom is 0.410 e. The highest BCUT2D eigenvalue weighted by molar-refractivity contribution is 6.06. The first-order valence-corrected chi connectivity index (χ1v) is 15.3. The van der Waals surface area contributed by atoms with E-state index in [1.165, 1.54) is 0 Å². The highest BCUT2D eigenvalue weighted by Crippen LogP contribution is 2.33. The van der Waals surface area contributed by atoms with Crippen LogP contribution in [-0.2, 0) is 15.9 Å². The molecule has 0 bridgehead atoms. The zero-order chi connectivity index (χ0) is 32.4. The number of hydrogen-bond donors (Lipinski definition) is 0. The summed E-state index contributed by atoms with van der Waals surface area (Å²) in [6.45, 7) is 7.80. The number of carbonyl (C=O) groups excluding carboxylic acids is 2. The summed E-state index contributed by atoms with van der Waals surface area (Å²) in [5.41, 5.74) is 2.01. The van der Waals surface area contributed by atoms with Crippen molar-refractivity contribution in [1.82, 2.24) is 4.90 Å². The van der Waals surface area contributed by atoms with E-state index in [1.54, 1.807) is 60.4 Å². The Morgan fingerprint density at radius 2 is 1.69 bits per heavy atom. The molecular weight excluding hydrogens is 570 g/mol. The number of methoxy groups -OCH3 is 2. The third-order valence-corrected chi connectivity index (χ3v) is 7.68. The highest BCUT2D eigenvalue weighted by atomic mass is 16.6. The average Bonchev–Trinajstić information content (AvgIpc) is 3.43. The minimum atomic E-state index is -0.623. The van der Waals surface area contributed by atoms with Crippen molar-refractivity contribution < 1.29 is 28.5 Å². The Balaban J connectivity index is 1.67. The van der Waals surface area contributed by atoms with E-state index in [-0.39, 0.29) is 23.8 Å². The van der Waals surface area contributed by atoms with Crippen molar-refractivity contribution in [2.24, 2.45) is 11.8 Å². The van der Waals surface area contributed by atoms with Crippen LogP contribution in [-0.4, -0.2) is 69.6 Å². The van der Waals surface area contributed by atoms with Crippen molar-refractivity contribution in [2.75, 3.05) is 52.0 Å². The first kappa shape index (κ1) is 33.3. The minimum Gasteiger partial charge on any atom is -0.493 e. The lowest BCUT2D eigenvalue weighted by Gasteiger charge is -2.29. The predicted molar refractivity (Wildman–Crippen MR) is 173 cm³/mol. The molecule has 0 spiro atoms. The van der Waals surface area contributed by atoms with Crippen LogP contribution in [0.25, 0.3) is 0 Å². The number of anilines is 1. The smallest absolute Gasteiger partial charge is 0.410 e. The summed E-state index contributed by atoms with van der Waals surface area (Å²) < 4.78 is 22.3. The van der Waals surface area contributed by atoms with Gasteiger partial charge in [-0.1, -0.05) is 36.4 Å². The molecule has 0 aromatic heterocycles. The molecular formula is C36H43N3O6. The minimum absolute atomic E-state index is 0.0598. The van der Waals surface area contributed by atoms with Crippen LogP contribution >= 0.6 is 0 Å². The largest absolute Gasteiger partial charge is 0.493 e. The van der Waals surface area contributed by atoms with Crippen LogP contribution < -0.4 is 14.4 Å². The second-order valence-electron chi connectivity index (χ2n) is 12.2. The van der Waals surface area contributed by atoms with Gasteiger partial charge in [0.25, 0.3) is 5.91 Å². The van der Waals surface area contributed by atoms with Gasteiger partial charge in [-0.15, -0.1) is 0 Å². The highest BCUT2D eigenvalue weighted by Gasteiger charge is 2.39. The van der Waals surface area contributed by atoms with Crippen LogP contribution in [0.1, 0.15) is 48.7 Å². The number of likely N-dealkylation sites (tertiary alicyclic amines) is 1. The molecule has 0 radical (unpaired) electrons. The van der Waals surface area contributed by atoms with E-state index in [9.17, 15) is 14.9 Å². The zero-order valence-electron chi connectivity index (χ0n) is 26.8. The monoisotopic (exact) mass is 613 g/mol. The molecule has 1 heterocycles. The number of hydrogen-bond acceptors (Lipinski definition) is 7. The van der Waals surface area contributed by atoms with E-state index in [0.717, 1.165) is 12.0 Å². The number of carbonyl (C=O) groups is 2. The molecule has 0 aliphatic carbocycles. The summed E-state index contributed by atoms with van der Waals surface area (Å²) in [6.07, 6.45) is 1.06. The van der Waals surface area contributed by atoms with Gasteiger partial charge in [-0.25, -0.2) is 4.79 Å². The fraction of sp³-hybridized carbons (Fsp3) is 0.417. The first-order valence-electron chi connectivity index (χ1n) is 15.3. The summed E-state index contributed by atoms with van der Waals surface area (Å²) in [7, 11) is 3.19. The lowest BCUT2D eigenvalue weighted by atomic mass is 9.89.